The second-order valence-electron chi connectivity index (χ2n) is 5.00. The second kappa shape index (κ2) is 6.15. The van der Waals surface area contributed by atoms with E-state index in [0.29, 0.717) is 24.5 Å². The molecule has 1 aliphatic heterocycles. The van der Waals surface area contributed by atoms with Gasteiger partial charge in [-0.05, 0) is 13.3 Å². The number of carbonyl (C=O) groups is 1. The third-order valence-corrected chi connectivity index (χ3v) is 4.48. The molecule has 1 amide bonds. The van der Waals surface area contributed by atoms with Crippen molar-refractivity contribution in [1.29, 1.82) is 0 Å². The van der Waals surface area contributed by atoms with E-state index in [1.54, 1.807) is 15.8 Å². The first kappa shape index (κ1) is 15.1. The molecule has 0 radical (unpaired) electrons. The highest BCUT2D eigenvalue weighted by atomic mass is 35.5. The predicted molar refractivity (Wildman–Crippen MR) is 88.4 cm³/mol. The third kappa shape index (κ3) is 2.53. The molecule has 22 heavy (non-hydrogen) atoms. The lowest BCUT2D eigenvalue weighted by Crippen LogP contribution is -2.33. The number of benzene rings is 1. The highest BCUT2D eigenvalue weighted by Crippen LogP contribution is 2.36. The Bertz CT molecular complexity index is 737. The summed E-state index contributed by atoms with van der Waals surface area (Å²) < 4.78 is 1.77. The largest absolute Gasteiger partial charge is 0.310 e. The lowest BCUT2D eigenvalue weighted by molar-refractivity contribution is -0.128. The average molecular weight is 336 g/mol. The minimum absolute atomic E-state index is 0.118. The van der Waals surface area contributed by atoms with Crippen LogP contribution in [0.4, 0.5) is 0 Å². The smallest absolute Gasteiger partial charge is 0.227 e. The van der Waals surface area contributed by atoms with Crippen molar-refractivity contribution in [2.75, 3.05) is 6.54 Å². The molecule has 114 valence electrons. The predicted octanol–water partition coefficient (Wildman–Crippen LogP) is 4.16. The minimum atomic E-state index is 0.118. The zero-order chi connectivity index (χ0) is 15.7. The molecule has 0 saturated heterocycles. The van der Waals surface area contributed by atoms with E-state index in [-0.39, 0.29) is 11.1 Å². The molecule has 4 nitrogen and oxygen atoms in total. The number of rotatable bonds is 3. The molecule has 3 rings (SSSR count). The fourth-order valence-corrected chi connectivity index (χ4v) is 3.08. The van der Waals surface area contributed by atoms with Crippen LogP contribution in [0.15, 0.2) is 36.7 Å². The fraction of sp³-hybridized carbons (Fsp3) is 0.250. The van der Waals surface area contributed by atoms with Crippen molar-refractivity contribution in [2.45, 2.75) is 19.8 Å². The van der Waals surface area contributed by atoms with Crippen LogP contribution in [0.5, 0.6) is 0 Å². The number of carbonyl (C=O) groups excluding carboxylic acids is 1. The van der Waals surface area contributed by atoms with Gasteiger partial charge in [0.2, 0.25) is 5.91 Å². The summed E-state index contributed by atoms with van der Waals surface area (Å²) in [7, 11) is 0. The number of hydrogen-bond acceptors (Lipinski definition) is 2. The molecule has 1 aromatic carbocycles. The Labute approximate surface area is 139 Å². The van der Waals surface area contributed by atoms with Crippen LogP contribution < -0.4 is 0 Å². The second-order valence-corrected chi connectivity index (χ2v) is 5.71. The number of hydrogen-bond donors (Lipinski definition) is 0. The Morgan fingerprint density at radius 1 is 1.18 bits per heavy atom. The molecule has 1 aromatic heterocycles. The Kier molecular flexibility index (Phi) is 4.23. The van der Waals surface area contributed by atoms with Gasteiger partial charge in [0, 0.05) is 24.2 Å². The van der Waals surface area contributed by atoms with Crippen molar-refractivity contribution in [1.82, 2.24) is 14.5 Å². The molecular formula is C16H15Cl2N3O. The Balaban J connectivity index is 2.24. The minimum Gasteiger partial charge on any atom is -0.310 e. The number of imidazole rings is 1. The Hall–Kier alpha value is -1.78. The highest BCUT2D eigenvalue weighted by Gasteiger charge is 2.28. The van der Waals surface area contributed by atoms with Gasteiger partial charge in [-0.15, -0.1) is 0 Å². The molecule has 0 N–H and O–H groups in total. The summed E-state index contributed by atoms with van der Waals surface area (Å²) in [5.41, 5.74) is 2.79. The fourth-order valence-electron chi connectivity index (χ4n) is 2.75. The molecule has 1 aliphatic rings. The summed E-state index contributed by atoms with van der Waals surface area (Å²) >= 11 is 12.2. The van der Waals surface area contributed by atoms with Gasteiger partial charge in [0.25, 0.3) is 0 Å². The SMILES string of the molecule is CCN1C(=O)CCC(n2cnc(Cl)c2Cl)=C1c1ccccc1. The summed E-state index contributed by atoms with van der Waals surface area (Å²) in [5, 5.41) is 0.636. The maximum Gasteiger partial charge on any atom is 0.227 e. The summed E-state index contributed by atoms with van der Waals surface area (Å²) in [5.74, 6) is 0.118. The van der Waals surface area contributed by atoms with Crippen LogP contribution in [0, 0.1) is 0 Å². The molecule has 2 aromatic rings. The van der Waals surface area contributed by atoms with Crippen LogP contribution in [0.25, 0.3) is 11.4 Å². The number of allylic oxidation sites excluding steroid dienone is 1. The van der Waals surface area contributed by atoms with Crippen molar-refractivity contribution in [3.8, 4) is 0 Å². The normalized spacial score (nSPS) is 15.6. The van der Waals surface area contributed by atoms with Crippen LogP contribution in [-0.2, 0) is 4.79 Å². The van der Waals surface area contributed by atoms with E-state index in [1.165, 1.54) is 0 Å². The Morgan fingerprint density at radius 3 is 2.50 bits per heavy atom. The van der Waals surface area contributed by atoms with E-state index < -0.39 is 0 Å². The molecule has 0 unspecified atom stereocenters. The number of aromatic nitrogens is 2. The lowest BCUT2D eigenvalue weighted by atomic mass is 10.0. The van der Waals surface area contributed by atoms with Crippen molar-refractivity contribution in [3.05, 3.63) is 52.5 Å². The average Bonchev–Trinajstić information content (AvgIpc) is 2.87. The first-order valence-electron chi connectivity index (χ1n) is 7.11. The van der Waals surface area contributed by atoms with Gasteiger partial charge in [0.15, 0.2) is 10.3 Å². The molecule has 2 heterocycles. The number of nitrogens with zero attached hydrogens (tertiary/aromatic N) is 3. The first-order chi connectivity index (χ1) is 10.6. The molecule has 0 atom stereocenters. The van der Waals surface area contributed by atoms with E-state index >= 15 is 0 Å². The van der Waals surface area contributed by atoms with Crippen molar-refractivity contribution in [2.24, 2.45) is 0 Å². The monoisotopic (exact) mass is 335 g/mol. The zero-order valence-electron chi connectivity index (χ0n) is 12.1. The topological polar surface area (TPSA) is 38.1 Å². The third-order valence-electron chi connectivity index (χ3n) is 3.74. The molecule has 0 bridgehead atoms. The van der Waals surface area contributed by atoms with Crippen molar-refractivity contribution in [3.63, 3.8) is 0 Å². The van der Waals surface area contributed by atoms with E-state index in [4.69, 9.17) is 23.2 Å². The summed E-state index contributed by atoms with van der Waals surface area (Å²) in [6.07, 6.45) is 2.66. The van der Waals surface area contributed by atoms with Gasteiger partial charge in [0.05, 0.1) is 5.70 Å². The van der Waals surface area contributed by atoms with E-state index in [0.717, 1.165) is 17.0 Å². The molecule has 6 heteroatoms. The van der Waals surface area contributed by atoms with Gasteiger partial charge >= 0.3 is 0 Å². The lowest BCUT2D eigenvalue weighted by Gasteiger charge is -2.32. The zero-order valence-corrected chi connectivity index (χ0v) is 13.6. The molecule has 0 saturated carbocycles. The van der Waals surface area contributed by atoms with Crippen LogP contribution >= 0.6 is 23.2 Å². The van der Waals surface area contributed by atoms with Crippen molar-refractivity contribution >= 4 is 40.5 Å². The van der Waals surface area contributed by atoms with E-state index in [9.17, 15) is 4.79 Å². The van der Waals surface area contributed by atoms with Crippen LogP contribution in [0.3, 0.4) is 0 Å². The summed E-state index contributed by atoms with van der Waals surface area (Å²) in [4.78, 5) is 18.1. The van der Waals surface area contributed by atoms with Gasteiger partial charge in [-0.2, -0.15) is 0 Å². The van der Waals surface area contributed by atoms with Gasteiger partial charge in [-0.25, -0.2) is 4.98 Å². The molecule has 0 fully saturated rings. The van der Waals surface area contributed by atoms with Crippen molar-refractivity contribution < 1.29 is 4.79 Å². The maximum atomic E-state index is 12.3. The number of amides is 1. The maximum absolute atomic E-state index is 12.3. The van der Waals surface area contributed by atoms with E-state index in [1.807, 2.05) is 37.3 Å². The number of halogens is 2. The highest BCUT2D eigenvalue weighted by molar-refractivity contribution is 6.40. The molecular weight excluding hydrogens is 321 g/mol. The van der Waals surface area contributed by atoms with Gasteiger partial charge in [-0.3, -0.25) is 9.36 Å². The molecule has 0 spiro atoms. The van der Waals surface area contributed by atoms with Gasteiger partial charge < -0.3 is 4.90 Å². The summed E-state index contributed by atoms with van der Waals surface area (Å²) in [6, 6.07) is 9.84. The van der Waals surface area contributed by atoms with Crippen LogP contribution in [0.1, 0.15) is 25.3 Å². The molecule has 0 aliphatic carbocycles. The van der Waals surface area contributed by atoms with Gasteiger partial charge in [-0.1, -0.05) is 53.5 Å². The van der Waals surface area contributed by atoms with E-state index in [2.05, 4.69) is 4.98 Å². The van der Waals surface area contributed by atoms with Crippen LogP contribution in [0.2, 0.25) is 10.3 Å². The Morgan fingerprint density at radius 2 is 1.91 bits per heavy atom. The van der Waals surface area contributed by atoms with Crippen LogP contribution in [-0.4, -0.2) is 26.9 Å². The first-order valence-corrected chi connectivity index (χ1v) is 7.86. The summed E-state index contributed by atoms with van der Waals surface area (Å²) in [6.45, 7) is 2.57. The quantitative estimate of drug-likeness (QED) is 0.844. The standard InChI is InChI=1S/C16H15Cl2N3O/c1-2-20-13(22)9-8-12(21-10-19-15(17)16(21)18)14(20)11-6-4-3-5-7-11/h3-7,10H,2,8-9H2,1H3. The van der Waals surface area contributed by atoms with Gasteiger partial charge in [0.1, 0.15) is 6.33 Å².